The molecule has 1 aliphatic rings. The number of aryl methyl sites for hydroxylation is 1. The van der Waals surface area contributed by atoms with E-state index >= 15 is 0 Å². The third kappa shape index (κ3) is 4.93. The first-order valence-corrected chi connectivity index (χ1v) is 11.0. The molecule has 0 bridgehead atoms. The van der Waals surface area contributed by atoms with E-state index in [9.17, 15) is 9.18 Å². The minimum absolute atomic E-state index is 0.00684. The third-order valence-corrected chi connectivity index (χ3v) is 5.92. The van der Waals surface area contributed by atoms with Gasteiger partial charge in [0.15, 0.2) is 5.82 Å². The van der Waals surface area contributed by atoms with Crippen LogP contribution < -0.4 is 4.74 Å². The zero-order valence-electron chi connectivity index (χ0n) is 18.4. The van der Waals surface area contributed by atoms with Crippen molar-refractivity contribution in [3.05, 3.63) is 71.9 Å². The molecule has 0 N–H and O–H groups in total. The zero-order chi connectivity index (χ0) is 22.5. The molecule has 0 spiro atoms. The van der Waals surface area contributed by atoms with E-state index in [0.29, 0.717) is 30.4 Å². The molecule has 0 radical (unpaired) electrons. The number of benzene rings is 1. The fraction of sp³-hybridized carbons (Fsp3) is 0.360. The lowest BCUT2D eigenvalue weighted by Crippen LogP contribution is -2.48. The highest BCUT2D eigenvalue weighted by Gasteiger charge is 2.33. The average Bonchev–Trinajstić information content (AvgIpc) is 2.83. The van der Waals surface area contributed by atoms with Gasteiger partial charge in [0, 0.05) is 42.5 Å². The van der Waals surface area contributed by atoms with Crippen molar-refractivity contribution in [2.24, 2.45) is 5.92 Å². The lowest BCUT2D eigenvalue weighted by atomic mass is 9.90. The van der Waals surface area contributed by atoms with Crippen molar-refractivity contribution in [2.75, 3.05) is 13.2 Å². The molecule has 2 aromatic heterocycles. The molecule has 3 aromatic rings. The van der Waals surface area contributed by atoms with Crippen molar-refractivity contribution in [1.29, 1.82) is 0 Å². The van der Waals surface area contributed by atoms with Gasteiger partial charge in [-0.25, -0.2) is 19.3 Å². The second-order valence-electron chi connectivity index (χ2n) is 8.21. The van der Waals surface area contributed by atoms with Crippen LogP contribution in [0.4, 0.5) is 4.39 Å². The molecule has 1 aromatic carbocycles. The number of halogens is 1. The highest BCUT2D eigenvalue weighted by molar-refractivity contribution is 6.00. The Kier molecular flexibility index (Phi) is 6.73. The topological polar surface area (TPSA) is 68.2 Å². The molecular weight excluding hydrogens is 407 g/mol. The molecule has 6 nitrogen and oxygen atoms in total. The van der Waals surface area contributed by atoms with Crippen LogP contribution >= 0.6 is 0 Å². The predicted molar refractivity (Wildman–Crippen MR) is 120 cm³/mol. The summed E-state index contributed by atoms with van der Waals surface area (Å²) in [5, 5.41) is 0. The summed E-state index contributed by atoms with van der Waals surface area (Å²) >= 11 is 0. The van der Waals surface area contributed by atoms with Crippen LogP contribution in [0.25, 0.3) is 11.4 Å². The molecule has 3 heterocycles. The first kappa shape index (κ1) is 21.9. The number of pyridine rings is 1. The first-order valence-electron chi connectivity index (χ1n) is 11.0. The molecule has 1 saturated heterocycles. The maximum atomic E-state index is 13.7. The van der Waals surface area contributed by atoms with E-state index in [-0.39, 0.29) is 17.9 Å². The number of aromatic nitrogens is 3. The second kappa shape index (κ2) is 9.85. The van der Waals surface area contributed by atoms with Crippen LogP contribution in [0.2, 0.25) is 0 Å². The minimum atomic E-state index is -0.395. The van der Waals surface area contributed by atoms with E-state index in [0.717, 1.165) is 36.6 Å². The van der Waals surface area contributed by atoms with Gasteiger partial charge in [0.1, 0.15) is 5.82 Å². The van der Waals surface area contributed by atoms with Crippen LogP contribution in [0.15, 0.2) is 55.0 Å². The maximum absolute atomic E-state index is 13.7. The quantitative estimate of drug-likeness (QED) is 0.563. The molecule has 4 rings (SSSR count). The highest BCUT2D eigenvalue weighted by Crippen LogP contribution is 2.29. The summed E-state index contributed by atoms with van der Waals surface area (Å²) in [5.74, 6) is 0.712. The summed E-state index contributed by atoms with van der Waals surface area (Å²) in [6, 6.07) is 10.6. The van der Waals surface area contributed by atoms with Crippen molar-refractivity contribution in [1.82, 2.24) is 19.9 Å². The number of hydrogen-bond acceptors (Lipinski definition) is 5. The smallest absolute Gasteiger partial charge is 0.254 e. The lowest BCUT2D eigenvalue weighted by molar-refractivity contribution is 0.0465. The predicted octanol–water partition coefficient (Wildman–Crippen LogP) is 4.70. The Morgan fingerprint density at radius 2 is 1.97 bits per heavy atom. The van der Waals surface area contributed by atoms with E-state index in [2.05, 4.69) is 21.9 Å². The summed E-state index contributed by atoms with van der Waals surface area (Å²) in [6.07, 6.45) is 7.28. The fourth-order valence-corrected chi connectivity index (χ4v) is 4.19. The molecule has 1 fully saturated rings. The number of likely N-dealkylation sites (tertiary alicyclic amines) is 1. The summed E-state index contributed by atoms with van der Waals surface area (Å²) < 4.78 is 18.9. The van der Waals surface area contributed by atoms with Crippen LogP contribution in [0, 0.1) is 18.7 Å². The van der Waals surface area contributed by atoms with Gasteiger partial charge < -0.3 is 9.64 Å². The highest BCUT2D eigenvalue weighted by atomic mass is 19.1. The number of carbonyl (C=O) groups is 1. The van der Waals surface area contributed by atoms with Crippen molar-refractivity contribution < 1.29 is 13.9 Å². The summed E-state index contributed by atoms with van der Waals surface area (Å²) in [4.78, 5) is 28.4. The van der Waals surface area contributed by atoms with Gasteiger partial charge in [0.05, 0.1) is 18.4 Å². The monoisotopic (exact) mass is 434 g/mol. The van der Waals surface area contributed by atoms with Crippen LogP contribution in [-0.2, 0) is 0 Å². The van der Waals surface area contributed by atoms with E-state index in [1.54, 1.807) is 18.5 Å². The molecular formula is C25H27FN4O2. The van der Waals surface area contributed by atoms with E-state index in [1.807, 2.05) is 30.0 Å². The number of hydrogen-bond donors (Lipinski definition) is 0. The molecule has 166 valence electrons. The van der Waals surface area contributed by atoms with Crippen molar-refractivity contribution in [3.63, 3.8) is 0 Å². The van der Waals surface area contributed by atoms with Crippen LogP contribution in [0.3, 0.4) is 0 Å². The van der Waals surface area contributed by atoms with E-state index < -0.39 is 5.82 Å². The normalized spacial score (nSPS) is 18.4. The molecule has 7 heteroatoms. The van der Waals surface area contributed by atoms with Gasteiger partial charge in [-0.1, -0.05) is 24.6 Å². The Bertz CT molecular complexity index is 1060. The summed E-state index contributed by atoms with van der Waals surface area (Å²) in [5.41, 5.74) is 2.38. The van der Waals surface area contributed by atoms with Gasteiger partial charge in [0.2, 0.25) is 5.88 Å². The van der Waals surface area contributed by atoms with Crippen LogP contribution in [0.5, 0.6) is 5.88 Å². The van der Waals surface area contributed by atoms with Crippen LogP contribution in [0.1, 0.15) is 42.1 Å². The summed E-state index contributed by atoms with van der Waals surface area (Å²) in [6.45, 7) is 5.12. The second-order valence-corrected chi connectivity index (χ2v) is 8.21. The molecule has 32 heavy (non-hydrogen) atoms. The Morgan fingerprint density at radius 1 is 1.16 bits per heavy atom. The van der Waals surface area contributed by atoms with Crippen molar-refractivity contribution >= 4 is 5.91 Å². The SMILES string of the molecule is CCC1CCC(COc2ccc(F)cn2)CN1C(=O)c1cc(C)ccc1-c1ncccn1. The molecule has 2 atom stereocenters. The van der Waals surface area contributed by atoms with Crippen molar-refractivity contribution in [2.45, 2.75) is 39.2 Å². The van der Waals surface area contributed by atoms with Gasteiger partial charge in [-0.15, -0.1) is 0 Å². The van der Waals surface area contributed by atoms with Gasteiger partial charge in [-0.2, -0.15) is 0 Å². The molecule has 1 amide bonds. The number of rotatable bonds is 6. The Balaban J connectivity index is 1.54. The van der Waals surface area contributed by atoms with Gasteiger partial charge in [-0.3, -0.25) is 4.79 Å². The molecule has 0 saturated carbocycles. The lowest BCUT2D eigenvalue weighted by Gasteiger charge is -2.39. The fourth-order valence-electron chi connectivity index (χ4n) is 4.19. The Hall–Kier alpha value is -3.35. The van der Waals surface area contributed by atoms with Crippen molar-refractivity contribution in [3.8, 4) is 17.3 Å². The third-order valence-electron chi connectivity index (χ3n) is 5.92. The Labute approximate surface area is 187 Å². The van der Waals surface area contributed by atoms with Gasteiger partial charge in [-0.05, 0) is 44.4 Å². The van der Waals surface area contributed by atoms with Gasteiger partial charge in [0.25, 0.3) is 5.91 Å². The largest absolute Gasteiger partial charge is 0.477 e. The number of amides is 1. The number of nitrogens with zero attached hydrogens (tertiary/aromatic N) is 4. The minimum Gasteiger partial charge on any atom is -0.477 e. The first-order chi connectivity index (χ1) is 15.5. The maximum Gasteiger partial charge on any atom is 0.254 e. The number of piperidine rings is 1. The molecule has 0 aliphatic carbocycles. The van der Waals surface area contributed by atoms with Crippen LogP contribution in [-0.4, -0.2) is 45.0 Å². The van der Waals surface area contributed by atoms with Gasteiger partial charge >= 0.3 is 0 Å². The summed E-state index contributed by atoms with van der Waals surface area (Å²) in [7, 11) is 0. The number of carbonyl (C=O) groups excluding carboxylic acids is 1. The zero-order valence-corrected chi connectivity index (χ0v) is 18.4. The number of ether oxygens (including phenoxy) is 1. The standard InChI is InChI=1S/C25H27FN4O2/c1-3-20-8-6-18(16-32-23-10-7-19(26)14-29-23)15-30(20)25(31)22-13-17(2)5-9-21(22)24-27-11-4-12-28-24/h4-5,7,9-14,18,20H,3,6,8,15-16H2,1-2H3. The molecule has 2 unspecified atom stereocenters. The average molecular weight is 435 g/mol. The van der Waals surface area contributed by atoms with E-state index in [1.165, 1.54) is 12.1 Å². The van der Waals surface area contributed by atoms with E-state index in [4.69, 9.17) is 4.74 Å². The molecule has 1 aliphatic heterocycles. The Morgan fingerprint density at radius 3 is 2.69 bits per heavy atom.